The van der Waals surface area contributed by atoms with Gasteiger partial charge in [-0.25, -0.2) is 4.79 Å². The maximum absolute atomic E-state index is 10.8. The zero-order valence-electron chi connectivity index (χ0n) is 7.22. The lowest BCUT2D eigenvalue weighted by atomic mass is 10.3. The van der Waals surface area contributed by atoms with Crippen LogP contribution in [0.5, 0.6) is 0 Å². The van der Waals surface area contributed by atoms with E-state index in [4.69, 9.17) is 5.73 Å². The molecule has 70 valence electrons. The highest BCUT2D eigenvalue weighted by molar-refractivity contribution is 5.83. The van der Waals surface area contributed by atoms with E-state index in [9.17, 15) is 9.59 Å². The second-order valence-corrected chi connectivity index (χ2v) is 2.42. The molecular weight excluding hydrogens is 158 g/mol. The lowest BCUT2D eigenvalue weighted by Gasteiger charge is -2.03. The monoisotopic (exact) mass is 173 g/mol. The largest absolute Gasteiger partial charge is 0.355 e. The van der Waals surface area contributed by atoms with E-state index in [1.165, 1.54) is 0 Å². The molecule has 0 atom stereocenters. The average Bonchev–Trinajstić information content (AvgIpc) is 2.01. The first kappa shape index (κ1) is 10.7. The first-order valence-corrected chi connectivity index (χ1v) is 3.96. The first-order valence-electron chi connectivity index (χ1n) is 3.96. The molecule has 0 aliphatic heterocycles. The number of carbonyl (C=O) groups is 2. The summed E-state index contributed by atoms with van der Waals surface area (Å²) in [7, 11) is 0. The van der Waals surface area contributed by atoms with Gasteiger partial charge in [0, 0.05) is 6.54 Å². The fourth-order valence-corrected chi connectivity index (χ4v) is 0.634. The number of urea groups is 1. The van der Waals surface area contributed by atoms with Gasteiger partial charge in [-0.3, -0.25) is 4.79 Å². The third-order valence-corrected chi connectivity index (χ3v) is 1.28. The van der Waals surface area contributed by atoms with Gasteiger partial charge in [0.1, 0.15) is 0 Å². The molecule has 0 radical (unpaired) electrons. The molecule has 0 saturated heterocycles. The molecule has 0 saturated carbocycles. The minimum absolute atomic E-state index is 0.0426. The molecule has 0 unspecified atom stereocenters. The molecule has 5 heteroatoms. The molecule has 0 aromatic carbocycles. The molecule has 3 amide bonds. The van der Waals surface area contributed by atoms with Gasteiger partial charge in [0.2, 0.25) is 5.91 Å². The Hall–Kier alpha value is -1.26. The van der Waals surface area contributed by atoms with Gasteiger partial charge in [0.05, 0.1) is 6.54 Å². The molecule has 0 aromatic rings. The average molecular weight is 173 g/mol. The Morgan fingerprint density at radius 2 is 2.00 bits per heavy atom. The molecule has 0 rings (SSSR count). The minimum Gasteiger partial charge on any atom is -0.355 e. The van der Waals surface area contributed by atoms with E-state index in [2.05, 4.69) is 10.6 Å². The van der Waals surface area contributed by atoms with Crippen LogP contribution in [0.15, 0.2) is 0 Å². The number of nitrogens with two attached hydrogens (primary N) is 1. The fourth-order valence-electron chi connectivity index (χ4n) is 0.634. The predicted octanol–water partition coefficient (Wildman–Crippen LogP) is -0.429. The van der Waals surface area contributed by atoms with E-state index in [-0.39, 0.29) is 12.5 Å². The van der Waals surface area contributed by atoms with Crippen molar-refractivity contribution in [1.29, 1.82) is 0 Å². The highest BCUT2D eigenvalue weighted by Gasteiger charge is 1.99. The molecule has 12 heavy (non-hydrogen) atoms. The second kappa shape index (κ2) is 6.45. The van der Waals surface area contributed by atoms with Crippen molar-refractivity contribution in [2.75, 3.05) is 13.1 Å². The summed E-state index contributed by atoms with van der Waals surface area (Å²) in [5.74, 6) is -0.206. The Morgan fingerprint density at radius 1 is 1.33 bits per heavy atom. The summed E-state index contributed by atoms with van der Waals surface area (Å²) >= 11 is 0. The number of primary amides is 1. The fraction of sp³-hybridized carbons (Fsp3) is 0.714. The SMILES string of the molecule is CCCCNC(=O)CNC(N)=O. The Balaban J connectivity index is 3.28. The molecule has 0 aliphatic rings. The Bertz CT molecular complexity index is 159. The third kappa shape index (κ3) is 6.85. The van der Waals surface area contributed by atoms with Crippen molar-refractivity contribution in [3.05, 3.63) is 0 Å². The normalized spacial score (nSPS) is 9.08. The zero-order chi connectivity index (χ0) is 9.40. The molecule has 0 fully saturated rings. The first-order chi connectivity index (χ1) is 5.66. The van der Waals surface area contributed by atoms with Crippen molar-refractivity contribution in [3.63, 3.8) is 0 Å². The van der Waals surface area contributed by atoms with Crippen LogP contribution in [0.25, 0.3) is 0 Å². The number of unbranched alkanes of at least 4 members (excludes halogenated alkanes) is 1. The Morgan fingerprint density at radius 3 is 2.50 bits per heavy atom. The molecule has 0 spiro atoms. The number of rotatable bonds is 5. The predicted molar refractivity (Wildman–Crippen MR) is 45.5 cm³/mol. The highest BCUT2D eigenvalue weighted by atomic mass is 16.2. The highest BCUT2D eigenvalue weighted by Crippen LogP contribution is 1.81. The van der Waals surface area contributed by atoms with Crippen molar-refractivity contribution in [2.24, 2.45) is 5.73 Å². The van der Waals surface area contributed by atoms with Crippen molar-refractivity contribution in [1.82, 2.24) is 10.6 Å². The van der Waals surface area contributed by atoms with Gasteiger partial charge in [-0.2, -0.15) is 0 Å². The van der Waals surface area contributed by atoms with E-state index in [1.807, 2.05) is 6.92 Å². The van der Waals surface area contributed by atoms with Crippen LogP contribution in [0.2, 0.25) is 0 Å². The van der Waals surface area contributed by atoms with Gasteiger partial charge in [-0.15, -0.1) is 0 Å². The molecule has 0 heterocycles. The van der Waals surface area contributed by atoms with Crippen LogP contribution in [0.4, 0.5) is 4.79 Å². The van der Waals surface area contributed by atoms with Crippen LogP contribution in [-0.4, -0.2) is 25.0 Å². The summed E-state index contributed by atoms with van der Waals surface area (Å²) in [5.41, 5.74) is 4.77. The van der Waals surface area contributed by atoms with Crippen molar-refractivity contribution < 1.29 is 9.59 Å². The van der Waals surface area contributed by atoms with E-state index in [1.54, 1.807) is 0 Å². The lowest BCUT2D eigenvalue weighted by Crippen LogP contribution is -2.39. The van der Waals surface area contributed by atoms with Crippen molar-refractivity contribution in [2.45, 2.75) is 19.8 Å². The smallest absolute Gasteiger partial charge is 0.312 e. The van der Waals surface area contributed by atoms with Gasteiger partial charge < -0.3 is 16.4 Å². The van der Waals surface area contributed by atoms with Crippen molar-refractivity contribution in [3.8, 4) is 0 Å². The van der Waals surface area contributed by atoms with Crippen LogP contribution >= 0.6 is 0 Å². The quantitative estimate of drug-likeness (QED) is 0.493. The molecule has 0 bridgehead atoms. The van der Waals surface area contributed by atoms with Crippen LogP contribution in [0.3, 0.4) is 0 Å². The second-order valence-electron chi connectivity index (χ2n) is 2.42. The minimum atomic E-state index is -0.680. The van der Waals surface area contributed by atoms with E-state index in [0.29, 0.717) is 6.54 Å². The molecule has 0 aliphatic carbocycles. The van der Waals surface area contributed by atoms with E-state index < -0.39 is 6.03 Å². The van der Waals surface area contributed by atoms with Gasteiger partial charge >= 0.3 is 6.03 Å². The topological polar surface area (TPSA) is 84.2 Å². The standard InChI is InChI=1S/C7H15N3O2/c1-2-3-4-9-6(11)5-10-7(8)12/h2-5H2,1H3,(H,9,11)(H3,8,10,12). The van der Waals surface area contributed by atoms with Crippen LogP contribution in [0.1, 0.15) is 19.8 Å². The van der Waals surface area contributed by atoms with Gasteiger partial charge in [-0.05, 0) is 6.42 Å². The van der Waals surface area contributed by atoms with Crippen LogP contribution in [-0.2, 0) is 4.79 Å². The zero-order valence-corrected chi connectivity index (χ0v) is 7.22. The molecule has 5 nitrogen and oxygen atoms in total. The number of amides is 3. The van der Waals surface area contributed by atoms with Crippen LogP contribution < -0.4 is 16.4 Å². The summed E-state index contributed by atoms with van der Waals surface area (Å²) in [6.07, 6.45) is 1.98. The number of nitrogens with one attached hydrogen (secondary N) is 2. The summed E-state index contributed by atoms with van der Waals surface area (Å²) in [4.78, 5) is 21.0. The van der Waals surface area contributed by atoms with Crippen molar-refractivity contribution >= 4 is 11.9 Å². The Labute approximate surface area is 71.7 Å². The maximum Gasteiger partial charge on any atom is 0.312 e. The van der Waals surface area contributed by atoms with E-state index >= 15 is 0 Å². The summed E-state index contributed by atoms with van der Waals surface area (Å²) in [6, 6.07) is -0.680. The molecule has 4 N–H and O–H groups in total. The summed E-state index contributed by atoms with van der Waals surface area (Å²) < 4.78 is 0. The van der Waals surface area contributed by atoms with Crippen LogP contribution in [0, 0.1) is 0 Å². The van der Waals surface area contributed by atoms with E-state index in [0.717, 1.165) is 12.8 Å². The third-order valence-electron chi connectivity index (χ3n) is 1.28. The van der Waals surface area contributed by atoms with Gasteiger partial charge in [-0.1, -0.05) is 13.3 Å². The molecular formula is C7H15N3O2. The van der Waals surface area contributed by atoms with Gasteiger partial charge in [0.25, 0.3) is 0 Å². The maximum atomic E-state index is 10.8. The number of hydrogen-bond acceptors (Lipinski definition) is 2. The molecule has 0 aromatic heterocycles. The number of hydrogen-bond donors (Lipinski definition) is 3. The summed E-state index contributed by atoms with van der Waals surface area (Å²) in [6.45, 7) is 2.64. The Kier molecular flexibility index (Phi) is 5.77. The number of carbonyl (C=O) groups excluding carboxylic acids is 2. The lowest BCUT2D eigenvalue weighted by molar-refractivity contribution is -0.120. The van der Waals surface area contributed by atoms with Gasteiger partial charge in [0.15, 0.2) is 0 Å². The summed E-state index contributed by atoms with van der Waals surface area (Å²) in [5, 5.41) is 4.83.